The highest BCUT2D eigenvalue weighted by atomic mass is 32.1. The molecule has 2 aromatic rings. The molecule has 1 atom stereocenters. The third kappa shape index (κ3) is 3.75. The molecule has 7 heteroatoms. The van der Waals surface area contributed by atoms with Gasteiger partial charge >= 0.3 is 5.97 Å². The Morgan fingerprint density at radius 1 is 1.48 bits per heavy atom. The van der Waals surface area contributed by atoms with Crippen molar-refractivity contribution in [1.29, 1.82) is 0 Å². The van der Waals surface area contributed by atoms with Gasteiger partial charge in [-0.3, -0.25) is 0 Å². The standard InChI is InChI=1S/C14H14N4O2S/c1-9(8-16-18-15)17-11-7-12(21-13(11)14(19)20)10-5-3-2-4-6-10/h2-7,9,17H,8H2,1H3,(H,19,20). The maximum absolute atomic E-state index is 11.4. The summed E-state index contributed by atoms with van der Waals surface area (Å²) in [6, 6.07) is 11.3. The maximum Gasteiger partial charge on any atom is 0.348 e. The molecule has 1 heterocycles. The number of hydrogen-bond donors (Lipinski definition) is 2. The molecule has 1 unspecified atom stereocenters. The lowest BCUT2D eigenvalue weighted by Gasteiger charge is -2.11. The third-order valence-corrected chi connectivity index (χ3v) is 3.98. The second kappa shape index (κ2) is 6.78. The largest absolute Gasteiger partial charge is 0.477 e. The lowest BCUT2D eigenvalue weighted by Crippen LogP contribution is -2.19. The molecule has 108 valence electrons. The number of thiophene rings is 1. The molecule has 6 nitrogen and oxygen atoms in total. The number of rotatable bonds is 6. The fourth-order valence-corrected chi connectivity index (χ4v) is 2.84. The molecule has 2 N–H and O–H groups in total. The smallest absolute Gasteiger partial charge is 0.348 e. The zero-order valence-corrected chi connectivity index (χ0v) is 12.2. The van der Waals surface area contributed by atoms with Crippen molar-refractivity contribution in [1.82, 2.24) is 0 Å². The van der Waals surface area contributed by atoms with Crippen LogP contribution in [0.15, 0.2) is 41.5 Å². The minimum absolute atomic E-state index is 0.141. The molecule has 0 spiro atoms. The first-order chi connectivity index (χ1) is 10.1. The highest BCUT2D eigenvalue weighted by molar-refractivity contribution is 7.18. The molecular weight excluding hydrogens is 288 g/mol. The molecule has 0 aliphatic rings. The first kappa shape index (κ1) is 14.9. The summed E-state index contributed by atoms with van der Waals surface area (Å²) >= 11 is 1.22. The van der Waals surface area contributed by atoms with Gasteiger partial charge in [0.25, 0.3) is 0 Å². The number of carboxylic acid groups (broad SMARTS) is 1. The number of aromatic carboxylic acids is 1. The van der Waals surface area contributed by atoms with Crippen molar-refractivity contribution < 1.29 is 9.90 Å². The lowest BCUT2D eigenvalue weighted by molar-refractivity contribution is 0.0703. The van der Waals surface area contributed by atoms with Crippen LogP contribution in [-0.4, -0.2) is 23.7 Å². The zero-order valence-electron chi connectivity index (χ0n) is 11.4. The van der Waals surface area contributed by atoms with Gasteiger partial charge in [0, 0.05) is 22.4 Å². The van der Waals surface area contributed by atoms with E-state index in [4.69, 9.17) is 5.53 Å². The number of benzene rings is 1. The van der Waals surface area contributed by atoms with Gasteiger partial charge in [0.2, 0.25) is 0 Å². The van der Waals surface area contributed by atoms with E-state index in [1.807, 2.05) is 43.3 Å². The van der Waals surface area contributed by atoms with E-state index in [1.54, 1.807) is 0 Å². The molecule has 1 aromatic carbocycles. The van der Waals surface area contributed by atoms with Gasteiger partial charge in [-0.05, 0) is 24.1 Å². The Bertz CT molecular complexity index is 678. The molecular formula is C14H14N4O2S. The van der Waals surface area contributed by atoms with Crippen LogP contribution < -0.4 is 5.32 Å². The fourth-order valence-electron chi connectivity index (χ4n) is 1.87. The number of carbonyl (C=O) groups is 1. The monoisotopic (exact) mass is 302 g/mol. The van der Waals surface area contributed by atoms with Gasteiger partial charge in [0.05, 0.1) is 5.69 Å². The highest BCUT2D eigenvalue weighted by Gasteiger charge is 2.17. The van der Waals surface area contributed by atoms with Gasteiger partial charge < -0.3 is 10.4 Å². The number of nitrogens with one attached hydrogen (secondary N) is 1. The third-order valence-electron chi connectivity index (χ3n) is 2.81. The molecule has 0 amide bonds. The van der Waals surface area contributed by atoms with Crippen LogP contribution in [0.2, 0.25) is 0 Å². The number of anilines is 1. The van der Waals surface area contributed by atoms with Crippen molar-refractivity contribution in [2.45, 2.75) is 13.0 Å². The van der Waals surface area contributed by atoms with E-state index >= 15 is 0 Å². The Morgan fingerprint density at radius 2 is 2.19 bits per heavy atom. The van der Waals surface area contributed by atoms with E-state index in [1.165, 1.54) is 11.3 Å². The van der Waals surface area contributed by atoms with Crippen molar-refractivity contribution in [3.8, 4) is 10.4 Å². The quantitative estimate of drug-likeness (QED) is 0.474. The van der Waals surface area contributed by atoms with Gasteiger partial charge in [-0.25, -0.2) is 4.79 Å². The van der Waals surface area contributed by atoms with E-state index < -0.39 is 5.97 Å². The summed E-state index contributed by atoms with van der Waals surface area (Å²) in [6.07, 6.45) is 0. The molecule has 0 aliphatic carbocycles. The first-order valence-corrected chi connectivity index (χ1v) is 7.13. The molecule has 0 radical (unpaired) electrons. The van der Waals surface area contributed by atoms with Crippen molar-refractivity contribution in [2.24, 2.45) is 5.11 Å². The molecule has 0 saturated heterocycles. The second-order valence-corrected chi connectivity index (χ2v) is 5.54. The maximum atomic E-state index is 11.4. The number of azide groups is 1. The summed E-state index contributed by atoms with van der Waals surface area (Å²) in [5, 5.41) is 15.9. The van der Waals surface area contributed by atoms with Crippen LogP contribution in [0.1, 0.15) is 16.6 Å². The Hall–Kier alpha value is -2.50. The predicted octanol–water partition coefficient (Wildman–Crippen LogP) is 4.22. The van der Waals surface area contributed by atoms with E-state index in [-0.39, 0.29) is 17.5 Å². The zero-order chi connectivity index (χ0) is 15.2. The van der Waals surface area contributed by atoms with Crippen LogP contribution in [-0.2, 0) is 0 Å². The van der Waals surface area contributed by atoms with Crippen LogP contribution >= 0.6 is 11.3 Å². The van der Waals surface area contributed by atoms with Gasteiger partial charge in [-0.1, -0.05) is 35.4 Å². The molecule has 0 fully saturated rings. The van der Waals surface area contributed by atoms with Crippen molar-refractivity contribution in [3.05, 3.63) is 51.7 Å². The number of hydrogen-bond acceptors (Lipinski definition) is 4. The topological polar surface area (TPSA) is 98.1 Å². The average Bonchev–Trinajstić information content (AvgIpc) is 2.90. The van der Waals surface area contributed by atoms with Crippen molar-refractivity contribution in [3.63, 3.8) is 0 Å². The molecule has 2 rings (SSSR count). The summed E-state index contributed by atoms with van der Waals surface area (Å²) in [5.41, 5.74) is 9.84. The Kier molecular flexibility index (Phi) is 4.81. The van der Waals surface area contributed by atoms with Crippen LogP contribution in [0.4, 0.5) is 5.69 Å². The predicted molar refractivity (Wildman–Crippen MR) is 83.8 cm³/mol. The van der Waals surface area contributed by atoms with Gasteiger partial charge in [-0.2, -0.15) is 0 Å². The SMILES string of the molecule is CC(CN=[N+]=[N-])Nc1cc(-c2ccccc2)sc1C(=O)O. The Labute approximate surface area is 125 Å². The molecule has 1 aromatic heterocycles. The first-order valence-electron chi connectivity index (χ1n) is 6.31. The van der Waals surface area contributed by atoms with Crippen molar-refractivity contribution in [2.75, 3.05) is 11.9 Å². The molecule has 0 bridgehead atoms. The normalized spacial score (nSPS) is 11.5. The summed E-state index contributed by atoms with van der Waals surface area (Å²) in [6.45, 7) is 2.09. The summed E-state index contributed by atoms with van der Waals surface area (Å²) < 4.78 is 0. The fraction of sp³-hybridized carbons (Fsp3) is 0.214. The molecule has 0 saturated carbocycles. The average molecular weight is 302 g/mol. The van der Waals surface area contributed by atoms with Crippen LogP contribution in [0.3, 0.4) is 0 Å². The van der Waals surface area contributed by atoms with Gasteiger partial charge in [0.1, 0.15) is 4.88 Å². The van der Waals surface area contributed by atoms with E-state index in [0.717, 1.165) is 10.4 Å². The number of carboxylic acids is 1. The summed E-state index contributed by atoms with van der Waals surface area (Å²) in [4.78, 5) is 15.2. The van der Waals surface area contributed by atoms with Gasteiger partial charge in [-0.15, -0.1) is 11.3 Å². The number of nitrogens with zero attached hydrogens (tertiary/aromatic N) is 3. The van der Waals surface area contributed by atoms with Gasteiger partial charge in [0.15, 0.2) is 0 Å². The summed E-state index contributed by atoms with van der Waals surface area (Å²) in [7, 11) is 0. The summed E-state index contributed by atoms with van der Waals surface area (Å²) in [5.74, 6) is -0.972. The highest BCUT2D eigenvalue weighted by Crippen LogP contribution is 2.35. The van der Waals surface area contributed by atoms with E-state index in [2.05, 4.69) is 15.3 Å². The second-order valence-electron chi connectivity index (χ2n) is 4.48. The molecule has 0 aliphatic heterocycles. The van der Waals surface area contributed by atoms with Crippen LogP contribution in [0, 0.1) is 0 Å². The van der Waals surface area contributed by atoms with Crippen molar-refractivity contribution >= 4 is 23.0 Å². The van der Waals surface area contributed by atoms with E-state index in [0.29, 0.717) is 5.69 Å². The Balaban J connectivity index is 2.30. The lowest BCUT2D eigenvalue weighted by atomic mass is 10.2. The minimum Gasteiger partial charge on any atom is -0.477 e. The van der Waals surface area contributed by atoms with Crippen LogP contribution in [0.5, 0.6) is 0 Å². The van der Waals surface area contributed by atoms with E-state index in [9.17, 15) is 9.90 Å². The minimum atomic E-state index is -0.972. The van der Waals surface area contributed by atoms with Crippen LogP contribution in [0.25, 0.3) is 20.9 Å². The Morgan fingerprint density at radius 3 is 2.81 bits per heavy atom. The molecule has 21 heavy (non-hydrogen) atoms.